The van der Waals surface area contributed by atoms with E-state index >= 15 is 0 Å². The summed E-state index contributed by atoms with van der Waals surface area (Å²) in [5, 5.41) is 0. The van der Waals surface area contributed by atoms with Crippen molar-refractivity contribution in [2.24, 2.45) is 22.7 Å². The predicted octanol–water partition coefficient (Wildman–Crippen LogP) is 2.60. The number of ether oxygens (including phenoxy) is 2. The maximum absolute atomic E-state index is 12.8. The number of ketones is 1. The Balaban J connectivity index is 1.95. The zero-order valence-electron chi connectivity index (χ0n) is 14.0. The van der Waals surface area contributed by atoms with Crippen molar-refractivity contribution in [3.8, 4) is 0 Å². The molecule has 122 valence electrons. The first-order valence-electron chi connectivity index (χ1n) is 8.17. The zero-order chi connectivity index (χ0) is 16.8. The molecule has 0 aromatic rings. The summed E-state index contributed by atoms with van der Waals surface area (Å²) in [6.07, 6.45) is 6.56. The van der Waals surface area contributed by atoms with Gasteiger partial charge >= 0.3 is 5.97 Å². The van der Waals surface area contributed by atoms with Gasteiger partial charge in [0.05, 0.1) is 16.6 Å². The summed E-state index contributed by atoms with van der Waals surface area (Å²) < 4.78 is 12.1. The van der Waals surface area contributed by atoms with E-state index in [9.17, 15) is 9.59 Å². The van der Waals surface area contributed by atoms with Crippen LogP contribution in [-0.4, -0.2) is 29.6 Å². The summed E-state index contributed by atoms with van der Waals surface area (Å²) in [5.41, 5.74) is -1.13. The van der Waals surface area contributed by atoms with Crippen LogP contribution in [0, 0.1) is 22.7 Å². The quantitative estimate of drug-likeness (QED) is 0.424. The molecule has 0 aromatic carbocycles. The van der Waals surface area contributed by atoms with E-state index in [0.29, 0.717) is 5.57 Å². The normalized spacial score (nSPS) is 55.0. The van der Waals surface area contributed by atoms with Crippen LogP contribution in [-0.2, 0) is 19.1 Å². The van der Waals surface area contributed by atoms with Crippen LogP contribution in [0.2, 0.25) is 0 Å². The van der Waals surface area contributed by atoms with Gasteiger partial charge in [0.25, 0.3) is 0 Å². The lowest BCUT2D eigenvalue weighted by Gasteiger charge is -2.43. The van der Waals surface area contributed by atoms with Crippen LogP contribution in [0.15, 0.2) is 36.5 Å². The van der Waals surface area contributed by atoms with Gasteiger partial charge in [-0.2, -0.15) is 0 Å². The van der Waals surface area contributed by atoms with Crippen LogP contribution in [0.4, 0.5) is 0 Å². The average molecular weight is 314 g/mol. The molecule has 0 aromatic heterocycles. The van der Waals surface area contributed by atoms with E-state index in [2.05, 4.69) is 13.5 Å². The molecule has 2 saturated heterocycles. The number of allylic oxidation sites excluding steroid dienone is 4. The molecule has 1 saturated carbocycles. The van der Waals surface area contributed by atoms with Crippen LogP contribution in [0.25, 0.3) is 0 Å². The fraction of sp³-hybridized carbons (Fsp3) is 0.579. The van der Waals surface area contributed by atoms with Gasteiger partial charge in [-0.1, -0.05) is 25.2 Å². The molecule has 2 aliphatic heterocycles. The van der Waals surface area contributed by atoms with Crippen molar-refractivity contribution in [2.75, 3.05) is 0 Å². The minimum absolute atomic E-state index is 0.0446. The molecule has 2 bridgehead atoms. The fourth-order valence-electron chi connectivity index (χ4n) is 5.89. The van der Waals surface area contributed by atoms with Crippen molar-refractivity contribution >= 4 is 11.8 Å². The molecule has 3 fully saturated rings. The third-order valence-electron chi connectivity index (χ3n) is 7.02. The van der Waals surface area contributed by atoms with E-state index in [1.165, 1.54) is 0 Å². The number of carbonyl (C=O) groups is 2. The molecule has 23 heavy (non-hydrogen) atoms. The van der Waals surface area contributed by atoms with Crippen LogP contribution in [0.5, 0.6) is 0 Å². The lowest BCUT2D eigenvalue weighted by molar-refractivity contribution is -0.147. The summed E-state index contributed by atoms with van der Waals surface area (Å²) in [6, 6.07) is 0. The molecule has 4 heteroatoms. The average Bonchev–Trinajstić information content (AvgIpc) is 2.97. The van der Waals surface area contributed by atoms with Crippen LogP contribution < -0.4 is 0 Å². The Bertz CT molecular complexity index is 704. The second kappa shape index (κ2) is 4.04. The number of esters is 1. The minimum Gasteiger partial charge on any atom is -0.455 e. The Kier molecular flexibility index (Phi) is 2.62. The van der Waals surface area contributed by atoms with Gasteiger partial charge in [0.2, 0.25) is 0 Å². The first-order valence-corrected chi connectivity index (χ1v) is 8.17. The fourth-order valence-corrected chi connectivity index (χ4v) is 5.89. The summed E-state index contributed by atoms with van der Waals surface area (Å²) >= 11 is 0. The molecular formula is C19H22O4. The van der Waals surface area contributed by atoms with E-state index in [-0.39, 0.29) is 41.2 Å². The maximum atomic E-state index is 12.8. The van der Waals surface area contributed by atoms with E-state index in [1.807, 2.05) is 32.9 Å². The summed E-state index contributed by atoms with van der Waals surface area (Å²) in [4.78, 5) is 25.0. The second-order valence-electron chi connectivity index (χ2n) is 7.72. The molecule has 4 nitrogen and oxygen atoms in total. The highest BCUT2D eigenvalue weighted by Gasteiger charge is 2.79. The van der Waals surface area contributed by atoms with Gasteiger partial charge in [-0.25, -0.2) is 4.79 Å². The number of rotatable bonds is 1. The molecule has 0 N–H and O–H groups in total. The first-order chi connectivity index (χ1) is 10.8. The third kappa shape index (κ3) is 1.30. The lowest BCUT2D eigenvalue weighted by atomic mass is 9.62. The van der Waals surface area contributed by atoms with Crippen LogP contribution in [0.3, 0.4) is 0 Å². The van der Waals surface area contributed by atoms with Gasteiger partial charge in [-0.3, -0.25) is 4.79 Å². The summed E-state index contributed by atoms with van der Waals surface area (Å²) in [5.74, 6) is -0.350. The molecule has 0 radical (unpaired) electrons. The smallest absolute Gasteiger partial charge is 0.336 e. The topological polar surface area (TPSA) is 52.6 Å². The Morgan fingerprint density at radius 2 is 1.96 bits per heavy atom. The van der Waals surface area contributed by atoms with Crippen LogP contribution in [0.1, 0.15) is 27.7 Å². The number of carbonyl (C=O) groups excluding carboxylic acids is 2. The van der Waals surface area contributed by atoms with Crippen LogP contribution >= 0.6 is 0 Å². The summed E-state index contributed by atoms with van der Waals surface area (Å²) in [6.45, 7) is 11.9. The SMILES string of the molecule is C=C[C@H]1[C@@]2(C)C=CC(=O)[C@]1(C)[C@@]1(C)O[C@H]3/C(=C\C)C(=O)O[C@H]3[C@@H]21. The standard InChI is InChI=1S/C19H22O4/c1-6-10-13-14(22-16(10)21)15-17(3)9-8-12(20)18(4,11(17)7-2)19(15,5)23-13/h6-9,11,13-15H,2H2,1,3-5H3/b10-6+/t11-,13-,14+,15-,17+,18+,19-/m0/s1. The van der Waals surface area contributed by atoms with E-state index in [0.717, 1.165) is 0 Å². The second-order valence-corrected chi connectivity index (χ2v) is 7.72. The van der Waals surface area contributed by atoms with Crippen molar-refractivity contribution < 1.29 is 19.1 Å². The van der Waals surface area contributed by atoms with Crippen molar-refractivity contribution in [1.29, 1.82) is 0 Å². The number of fused-ring (bicyclic) bond motifs is 7. The van der Waals surface area contributed by atoms with Crippen molar-refractivity contribution in [3.63, 3.8) is 0 Å². The van der Waals surface area contributed by atoms with Gasteiger partial charge < -0.3 is 9.47 Å². The third-order valence-corrected chi connectivity index (χ3v) is 7.02. The van der Waals surface area contributed by atoms with Crippen molar-refractivity contribution in [1.82, 2.24) is 0 Å². The molecular weight excluding hydrogens is 292 g/mol. The number of hydrogen-bond acceptors (Lipinski definition) is 4. The highest BCUT2D eigenvalue weighted by Crippen LogP contribution is 2.72. The van der Waals surface area contributed by atoms with Gasteiger partial charge in [-0.15, -0.1) is 6.58 Å². The van der Waals surface area contributed by atoms with Gasteiger partial charge in [0.1, 0.15) is 12.2 Å². The molecule has 4 aliphatic rings. The number of hydrogen-bond donors (Lipinski definition) is 0. The molecule has 0 spiro atoms. The Morgan fingerprint density at radius 1 is 1.26 bits per heavy atom. The molecule has 4 rings (SSSR count). The van der Waals surface area contributed by atoms with Crippen molar-refractivity contribution in [3.05, 3.63) is 36.5 Å². The lowest BCUT2D eigenvalue weighted by Crippen LogP contribution is -2.51. The zero-order valence-corrected chi connectivity index (χ0v) is 14.0. The maximum Gasteiger partial charge on any atom is 0.336 e. The molecule has 2 aliphatic carbocycles. The molecule has 2 heterocycles. The summed E-state index contributed by atoms with van der Waals surface area (Å²) in [7, 11) is 0. The predicted molar refractivity (Wildman–Crippen MR) is 84.5 cm³/mol. The largest absolute Gasteiger partial charge is 0.455 e. The van der Waals surface area contributed by atoms with Gasteiger partial charge in [-0.05, 0) is 26.8 Å². The Labute approximate surface area is 136 Å². The Morgan fingerprint density at radius 3 is 2.57 bits per heavy atom. The highest BCUT2D eigenvalue weighted by atomic mass is 16.6. The van der Waals surface area contributed by atoms with Gasteiger partial charge in [0, 0.05) is 17.3 Å². The molecule has 0 amide bonds. The first kappa shape index (κ1) is 14.9. The Hall–Kier alpha value is -1.68. The monoisotopic (exact) mass is 314 g/mol. The molecule has 0 unspecified atom stereocenters. The van der Waals surface area contributed by atoms with E-state index in [4.69, 9.17) is 9.47 Å². The highest BCUT2D eigenvalue weighted by molar-refractivity contribution is 5.99. The van der Waals surface area contributed by atoms with E-state index in [1.54, 1.807) is 12.2 Å². The van der Waals surface area contributed by atoms with Crippen molar-refractivity contribution in [2.45, 2.75) is 45.5 Å². The molecule has 7 atom stereocenters. The van der Waals surface area contributed by atoms with Gasteiger partial charge in [0.15, 0.2) is 5.78 Å². The van der Waals surface area contributed by atoms with E-state index < -0.39 is 11.0 Å². The minimum atomic E-state index is -0.696.